The summed E-state index contributed by atoms with van der Waals surface area (Å²) >= 11 is 3.50. The molecule has 0 unspecified atom stereocenters. The standard InChI is InChI=1S/C11H14BrN/c1-7-5-9(12)6-8(2)11(7)13-10-3-4-10/h5-6,10,13H,3-4H2,1-2H3. The smallest absolute Gasteiger partial charge is 0.0402 e. The molecule has 0 saturated heterocycles. The zero-order chi connectivity index (χ0) is 9.42. The highest BCUT2D eigenvalue weighted by Gasteiger charge is 2.22. The third-order valence-electron chi connectivity index (χ3n) is 2.42. The predicted octanol–water partition coefficient (Wildman–Crippen LogP) is 3.64. The monoisotopic (exact) mass is 239 g/mol. The maximum atomic E-state index is 3.56. The van der Waals surface area contributed by atoms with Crippen LogP contribution >= 0.6 is 15.9 Å². The van der Waals surface area contributed by atoms with Gasteiger partial charge in [0.2, 0.25) is 0 Å². The summed E-state index contributed by atoms with van der Waals surface area (Å²) in [4.78, 5) is 0. The van der Waals surface area contributed by atoms with Crippen molar-refractivity contribution in [1.82, 2.24) is 0 Å². The minimum absolute atomic E-state index is 0.735. The van der Waals surface area contributed by atoms with Crippen LogP contribution < -0.4 is 5.32 Å². The average molecular weight is 240 g/mol. The Bertz CT molecular complexity index is 306. The quantitative estimate of drug-likeness (QED) is 0.832. The maximum absolute atomic E-state index is 3.56. The van der Waals surface area contributed by atoms with E-state index >= 15 is 0 Å². The highest BCUT2D eigenvalue weighted by atomic mass is 79.9. The molecule has 0 spiro atoms. The molecular weight excluding hydrogens is 226 g/mol. The molecule has 0 aromatic heterocycles. The fraction of sp³-hybridized carbons (Fsp3) is 0.455. The highest BCUT2D eigenvalue weighted by molar-refractivity contribution is 9.10. The van der Waals surface area contributed by atoms with Crippen LogP contribution in [0.25, 0.3) is 0 Å². The minimum atomic E-state index is 0.735. The summed E-state index contributed by atoms with van der Waals surface area (Å²) in [6.07, 6.45) is 2.66. The molecule has 1 aliphatic carbocycles. The lowest BCUT2D eigenvalue weighted by Crippen LogP contribution is -2.04. The summed E-state index contributed by atoms with van der Waals surface area (Å²) in [5, 5.41) is 3.56. The summed E-state index contributed by atoms with van der Waals surface area (Å²) in [5.74, 6) is 0. The second-order valence-electron chi connectivity index (χ2n) is 3.83. The van der Waals surface area contributed by atoms with E-state index in [4.69, 9.17) is 0 Å². The second kappa shape index (κ2) is 3.33. The summed E-state index contributed by atoms with van der Waals surface area (Å²) < 4.78 is 1.17. The van der Waals surface area contributed by atoms with Crippen molar-refractivity contribution < 1.29 is 0 Å². The van der Waals surface area contributed by atoms with Crippen molar-refractivity contribution >= 4 is 21.6 Å². The Kier molecular flexibility index (Phi) is 2.33. The van der Waals surface area contributed by atoms with Crippen molar-refractivity contribution in [2.45, 2.75) is 32.7 Å². The Hall–Kier alpha value is -0.500. The predicted molar refractivity (Wildman–Crippen MR) is 60.3 cm³/mol. The first-order chi connectivity index (χ1) is 6.16. The van der Waals surface area contributed by atoms with Crippen LogP contribution in [0.3, 0.4) is 0 Å². The van der Waals surface area contributed by atoms with Crippen LogP contribution in [0.1, 0.15) is 24.0 Å². The van der Waals surface area contributed by atoms with E-state index in [2.05, 4.69) is 47.2 Å². The largest absolute Gasteiger partial charge is 0.382 e. The molecule has 2 heteroatoms. The molecule has 0 aliphatic heterocycles. The lowest BCUT2D eigenvalue weighted by Gasteiger charge is -2.12. The zero-order valence-corrected chi connectivity index (χ0v) is 9.61. The van der Waals surface area contributed by atoms with Gasteiger partial charge in [-0.25, -0.2) is 0 Å². The average Bonchev–Trinajstić information content (AvgIpc) is 2.79. The lowest BCUT2D eigenvalue weighted by molar-refractivity contribution is 1.13. The van der Waals surface area contributed by atoms with Crippen LogP contribution in [0, 0.1) is 13.8 Å². The van der Waals surface area contributed by atoms with E-state index in [9.17, 15) is 0 Å². The normalized spacial score (nSPS) is 15.9. The number of nitrogens with one attached hydrogen (secondary N) is 1. The number of hydrogen-bond acceptors (Lipinski definition) is 1. The molecule has 1 nitrogen and oxygen atoms in total. The van der Waals surface area contributed by atoms with Crippen LogP contribution in [-0.4, -0.2) is 6.04 Å². The molecule has 0 heterocycles. The molecule has 13 heavy (non-hydrogen) atoms. The van der Waals surface area contributed by atoms with Gasteiger partial charge in [0, 0.05) is 16.2 Å². The zero-order valence-electron chi connectivity index (χ0n) is 8.02. The molecule has 0 radical (unpaired) electrons. The Labute approximate surface area is 87.7 Å². The van der Waals surface area contributed by atoms with Crippen LogP contribution in [0.15, 0.2) is 16.6 Å². The van der Waals surface area contributed by atoms with Gasteiger partial charge in [0.05, 0.1) is 0 Å². The number of aryl methyl sites for hydroxylation is 2. The van der Waals surface area contributed by atoms with E-state index < -0.39 is 0 Å². The van der Waals surface area contributed by atoms with E-state index in [1.54, 1.807) is 0 Å². The van der Waals surface area contributed by atoms with E-state index in [1.165, 1.54) is 34.1 Å². The molecule has 1 N–H and O–H groups in total. The van der Waals surface area contributed by atoms with Gasteiger partial charge in [-0.1, -0.05) is 15.9 Å². The molecule has 0 amide bonds. The molecule has 1 aromatic carbocycles. The van der Waals surface area contributed by atoms with E-state index in [0.717, 1.165) is 6.04 Å². The number of hydrogen-bond donors (Lipinski definition) is 1. The van der Waals surface area contributed by atoms with Gasteiger partial charge in [-0.2, -0.15) is 0 Å². The molecule has 0 atom stereocenters. The minimum Gasteiger partial charge on any atom is -0.382 e. The van der Waals surface area contributed by atoms with E-state index in [1.807, 2.05) is 0 Å². The van der Waals surface area contributed by atoms with Crippen LogP contribution in [0.2, 0.25) is 0 Å². The van der Waals surface area contributed by atoms with Gasteiger partial charge < -0.3 is 5.32 Å². The fourth-order valence-electron chi connectivity index (χ4n) is 1.57. The molecule has 70 valence electrons. The molecule has 1 aliphatic rings. The van der Waals surface area contributed by atoms with Gasteiger partial charge in [-0.05, 0) is 49.9 Å². The van der Waals surface area contributed by atoms with Gasteiger partial charge in [0.15, 0.2) is 0 Å². The number of anilines is 1. The van der Waals surface area contributed by atoms with Crippen molar-refractivity contribution in [3.8, 4) is 0 Å². The third-order valence-corrected chi connectivity index (χ3v) is 2.88. The third kappa shape index (κ3) is 2.05. The lowest BCUT2D eigenvalue weighted by atomic mass is 10.1. The van der Waals surface area contributed by atoms with Crippen LogP contribution in [0.5, 0.6) is 0 Å². The van der Waals surface area contributed by atoms with Crippen LogP contribution in [0.4, 0.5) is 5.69 Å². The first kappa shape index (κ1) is 9.07. The summed E-state index contributed by atoms with van der Waals surface area (Å²) in [5.41, 5.74) is 3.99. The fourth-order valence-corrected chi connectivity index (χ4v) is 2.26. The number of halogens is 1. The number of rotatable bonds is 2. The van der Waals surface area contributed by atoms with Gasteiger partial charge in [-0.3, -0.25) is 0 Å². The van der Waals surface area contributed by atoms with E-state index in [-0.39, 0.29) is 0 Å². The van der Waals surface area contributed by atoms with Gasteiger partial charge >= 0.3 is 0 Å². The SMILES string of the molecule is Cc1cc(Br)cc(C)c1NC1CC1. The molecule has 0 bridgehead atoms. The highest BCUT2D eigenvalue weighted by Crippen LogP contribution is 2.30. The molecular formula is C11H14BrN. The van der Waals surface area contributed by atoms with Gasteiger partial charge in [-0.15, -0.1) is 0 Å². The first-order valence-electron chi connectivity index (χ1n) is 4.70. The van der Waals surface area contributed by atoms with Gasteiger partial charge in [0.25, 0.3) is 0 Å². The van der Waals surface area contributed by atoms with Gasteiger partial charge in [0.1, 0.15) is 0 Å². The summed E-state index contributed by atoms with van der Waals surface area (Å²) in [6.45, 7) is 4.31. The maximum Gasteiger partial charge on any atom is 0.0402 e. The topological polar surface area (TPSA) is 12.0 Å². The Morgan fingerprint density at radius 3 is 2.23 bits per heavy atom. The molecule has 1 fully saturated rings. The Morgan fingerprint density at radius 1 is 1.23 bits per heavy atom. The van der Waals surface area contributed by atoms with Crippen molar-refractivity contribution in [2.75, 3.05) is 5.32 Å². The van der Waals surface area contributed by atoms with E-state index in [0.29, 0.717) is 0 Å². The summed E-state index contributed by atoms with van der Waals surface area (Å²) in [7, 11) is 0. The molecule has 1 aromatic rings. The Balaban J connectivity index is 2.31. The Morgan fingerprint density at radius 2 is 1.77 bits per heavy atom. The summed E-state index contributed by atoms with van der Waals surface area (Å²) in [6, 6.07) is 5.06. The van der Waals surface area contributed by atoms with Crippen molar-refractivity contribution in [2.24, 2.45) is 0 Å². The van der Waals surface area contributed by atoms with Crippen LogP contribution in [-0.2, 0) is 0 Å². The van der Waals surface area contributed by atoms with Crippen molar-refractivity contribution in [3.63, 3.8) is 0 Å². The van der Waals surface area contributed by atoms with Crippen molar-refractivity contribution in [1.29, 1.82) is 0 Å². The number of benzene rings is 1. The first-order valence-corrected chi connectivity index (χ1v) is 5.49. The second-order valence-corrected chi connectivity index (χ2v) is 4.75. The molecule has 1 saturated carbocycles. The molecule has 2 rings (SSSR count). The van der Waals surface area contributed by atoms with Crippen molar-refractivity contribution in [3.05, 3.63) is 27.7 Å².